The fourth-order valence-corrected chi connectivity index (χ4v) is 5.46. The zero-order valence-corrected chi connectivity index (χ0v) is 22.0. The molecule has 0 amide bonds. The van der Waals surface area contributed by atoms with E-state index in [1.54, 1.807) is 18.2 Å². The minimum atomic E-state index is -2.60. The highest BCUT2D eigenvalue weighted by Crippen LogP contribution is 2.40. The van der Waals surface area contributed by atoms with E-state index in [1.807, 2.05) is 51.1 Å². The Kier molecular flexibility index (Phi) is 3.77. The average Bonchev–Trinajstić information content (AvgIpc) is 3.35. The Morgan fingerprint density at radius 3 is 2.36 bits per heavy atom. The Labute approximate surface area is 238 Å². The van der Waals surface area contributed by atoms with Crippen molar-refractivity contribution in [3.8, 4) is 22.4 Å². The van der Waals surface area contributed by atoms with Crippen molar-refractivity contribution >= 4 is 43.5 Å². The third-order valence-corrected chi connectivity index (χ3v) is 7.62. The molecule has 5 aromatic carbocycles. The fraction of sp³-hybridized carbons (Fsp3) is 0.162. The molecule has 0 aliphatic carbocycles. The van der Waals surface area contributed by atoms with Crippen LogP contribution in [0, 0.1) is 13.7 Å². The molecule has 39 heavy (non-hydrogen) atoms. The van der Waals surface area contributed by atoms with Gasteiger partial charge >= 0.3 is 0 Å². The molecule has 0 fully saturated rings. The number of fused-ring (bicyclic) bond motifs is 6. The molecule has 0 N–H and O–H groups in total. The first-order valence-electron chi connectivity index (χ1n) is 16.5. The van der Waals surface area contributed by atoms with Crippen molar-refractivity contribution in [2.75, 3.05) is 0 Å². The predicted octanol–water partition coefficient (Wildman–Crippen LogP) is 10.5. The van der Waals surface area contributed by atoms with Gasteiger partial charge in [-0.15, -0.1) is 0 Å². The first-order chi connectivity index (χ1) is 21.6. The predicted molar refractivity (Wildman–Crippen MR) is 166 cm³/mol. The van der Waals surface area contributed by atoms with Crippen molar-refractivity contribution in [3.63, 3.8) is 0 Å². The second kappa shape index (κ2) is 8.54. The molecule has 2 nitrogen and oxygen atoms in total. The van der Waals surface area contributed by atoms with Gasteiger partial charge in [0.15, 0.2) is 0 Å². The van der Waals surface area contributed by atoms with Gasteiger partial charge in [-0.2, -0.15) is 0 Å². The standard InChI is InChI=1S/C37H31NO/c1-22-17-26(37(3,4)5)15-16-27(22)31-19-34(38-21-23(31)2)30-12-8-11-29-33-18-25-14-13-24-9-6-7-10-28(24)32(25)20-35(33)39-36(29)30/h6-21H,1-5H3/i1D3,2D3,16D. The van der Waals surface area contributed by atoms with Crippen LogP contribution < -0.4 is 0 Å². The molecule has 0 saturated heterocycles. The fourth-order valence-electron chi connectivity index (χ4n) is 5.46. The van der Waals surface area contributed by atoms with Gasteiger partial charge in [0.1, 0.15) is 11.2 Å². The summed E-state index contributed by atoms with van der Waals surface area (Å²) in [6.07, 6.45) is 1.28. The molecule has 0 bridgehead atoms. The molecule has 2 aromatic heterocycles. The lowest BCUT2D eigenvalue weighted by Gasteiger charge is -2.21. The van der Waals surface area contributed by atoms with Crippen LogP contribution in [0.4, 0.5) is 0 Å². The molecule has 7 rings (SSSR count). The monoisotopic (exact) mass is 512 g/mol. The van der Waals surface area contributed by atoms with Crippen LogP contribution in [0.3, 0.4) is 0 Å². The molecular formula is C37H31NO. The van der Waals surface area contributed by atoms with Gasteiger partial charge in [-0.1, -0.05) is 87.5 Å². The second-order valence-electron chi connectivity index (χ2n) is 11.2. The van der Waals surface area contributed by atoms with Crippen molar-refractivity contribution in [1.29, 1.82) is 0 Å². The van der Waals surface area contributed by atoms with Crippen LogP contribution in [0.25, 0.3) is 65.9 Å². The summed E-state index contributed by atoms with van der Waals surface area (Å²) in [5.74, 6) is 0. The topological polar surface area (TPSA) is 26.0 Å². The van der Waals surface area contributed by atoms with Crippen molar-refractivity contribution < 1.29 is 14.0 Å². The number of furan rings is 1. The summed E-state index contributed by atoms with van der Waals surface area (Å²) in [6, 6.07) is 27.1. The summed E-state index contributed by atoms with van der Waals surface area (Å²) in [6.45, 7) is 0.650. The number of para-hydroxylation sites is 1. The van der Waals surface area contributed by atoms with Crippen LogP contribution in [-0.4, -0.2) is 4.98 Å². The third kappa shape index (κ3) is 3.82. The van der Waals surface area contributed by atoms with Crippen molar-refractivity contribution in [3.05, 3.63) is 114 Å². The van der Waals surface area contributed by atoms with Crippen LogP contribution >= 0.6 is 0 Å². The summed E-state index contributed by atoms with van der Waals surface area (Å²) >= 11 is 0. The van der Waals surface area contributed by atoms with Gasteiger partial charge in [0.05, 0.1) is 7.06 Å². The minimum Gasteiger partial charge on any atom is -0.455 e. The van der Waals surface area contributed by atoms with Crippen LogP contribution in [0.15, 0.2) is 102 Å². The lowest BCUT2D eigenvalue weighted by atomic mass is 9.84. The first kappa shape index (κ1) is 17.2. The van der Waals surface area contributed by atoms with Crippen LogP contribution in [0.5, 0.6) is 0 Å². The Bertz CT molecular complexity index is 2340. The smallest absolute Gasteiger partial charge is 0.144 e. The number of pyridine rings is 1. The third-order valence-electron chi connectivity index (χ3n) is 7.62. The van der Waals surface area contributed by atoms with E-state index in [9.17, 15) is 0 Å². The van der Waals surface area contributed by atoms with E-state index in [0.29, 0.717) is 28.0 Å². The van der Waals surface area contributed by atoms with E-state index < -0.39 is 19.1 Å². The SMILES string of the molecule is [2H]c1cc(C(C)(C)C)cc(C([2H])([2H])[2H])c1-c1cc(-c2cccc3c2oc2cc4c(ccc5ccccc54)cc23)ncc1C([2H])([2H])[2H]. The summed E-state index contributed by atoms with van der Waals surface area (Å²) in [4.78, 5) is 4.57. The van der Waals surface area contributed by atoms with Gasteiger partial charge in [-0.25, -0.2) is 0 Å². The molecule has 0 radical (unpaired) electrons. The van der Waals surface area contributed by atoms with Gasteiger partial charge in [0.25, 0.3) is 0 Å². The maximum Gasteiger partial charge on any atom is 0.144 e. The number of hydrogen-bond acceptors (Lipinski definition) is 2. The zero-order valence-electron chi connectivity index (χ0n) is 29.0. The average molecular weight is 513 g/mol. The van der Waals surface area contributed by atoms with Crippen molar-refractivity contribution in [1.82, 2.24) is 4.98 Å². The van der Waals surface area contributed by atoms with E-state index in [1.165, 1.54) is 6.20 Å². The number of nitrogens with zero attached hydrogens (tertiary/aromatic N) is 1. The van der Waals surface area contributed by atoms with Gasteiger partial charge < -0.3 is 4.42 Å². The van der Waals surface area contributed by atoms with Crippen LogP contribution in [0.2, 0.25) is 0 Å². The maximum absolute atomic E-state index is 8.99. The highest BCUT2D eigenvalue weighted by molar-refractivity contribution is 6.17. The Balaban J connectivity index is 1.49. The Morgan fingerprint density at radius 1 is 0.692 bits per heavy atom. The van der Waals surface area contributed by atoms with E-state index >= 15 is 0 Å². The highest BCUT2D eigenvalue weighted by atomic mass is 16.3. The molecule has 2 heterocycles. The van der Waals surface area contributed by atoms with E-state index in [4.69, 9.17) is 14.0 Å². The summed E-state index contributed by atoms with van der Waals surface area (Å²) in [5, 5.41) is 6.24. The number of benzene rings is 5. The first-order valence-corrected chi connectivity index (χ1v) is 13.0. The van der Waals surface area contributed by atoms with Gasteiger partial charge in [0.2, 0.25) is 0 Å². The van der Waals surface area contributed by atoms with Gasteiger partial charge in [0, 0.05) is 30.8 Å². The Morgan fingerprint density at radius 2 is 1.51 bits per heavy atom. The lowest BCUT2D eigenvalue weighted by Crippen LogP contribution is -2.11. The molecule has 0 aliphatic rings. The number of aromatic nitrogens is 1. The van der Waals surface area contributed by atoms with E-state index in [2.05, 4.69) is 41.4 Å². The zero-order chi connectivity index (χ0) is 32.8. The Hall–Kier alpha value is -4.43. The second-order valence-corrected chi connectivity index (χ2v) is 11.2. The minimum absolute atomic E-state index is 0.0536. The molecule has 0 unspecified atom stereocenters. The molecule has 0 spiro atoms. The maximum atomic E-state index is 8.99. The van der Waals surface area contributed by atoms with E-state index in [-0.39, 0.29) is 28.3 Å². The highest BCUT2D eigenvalue weighted by Gasteiger charge is 2.18. The van der Waals surface area contributed by atoms with Crippen LogP contribution in [0.1, 0.15) is 47.1 Å². The summed E-state index contributed by atoms with van der Waals surface area (Å²) in [5.41, 5.74) is 2.64. The molecule has 0 aliphatic heterocycles. The van der Waals surface area contributed by atoms with Gasteiger partial charge in [-0.05, 0) is 92.7 Å². The van der Waals surface area contributed by atoms with Crippen molar-refractivity contribution in [2.24, 2.45) is 0 Å². The largest absolute Gasteiger partial charge is 0.455 e. The van der Waals surface area contributed by atoms with Gasteiger partial charge in [-0.3, -0.25) is 4.98 Å². The summed E-state index contributed by atoms with van der Waals surface area (Å²) < 4.78 is 65.4. The van der Waals surface area contributed by atoms with E-state index in [0.717, 1.165) is 32.3 Å². The molecule has 0 saturated carbocycles. The number of aryl methyl sites for hydroxylation is 2. The van der Waals surface area contributed by atoms with Crippen LogP contribution in [-0.2, 0) is 5.41 Å². The normalized spacial score (nSPS) is 15.5. The molecule has 2 heteroatoms. The van der Waals surface area contributed by atoms with Crippen molar-refractivity contribution in [2.45, 2.75) is 39.9 Å². The number of rotatable bonds is 2. The quantitative estimate of drug-likeness (QED) is 0.215. The molecule has 7 aromatic rings. The summed E-state index contributed by atoms with van der Waals surface area (Å²) in [7, 11) is 0. The molecular weight excluding hydrogens is 474 g/mol. The number of hydrogen-bond donors (Lipinski definition) is 0. The molecule has 190 valence electrons. The molecule has 0 atom stereocenters. The lowest BCUT2D eigenvalue weighted by molar-refractivity contribution is 0.590.